The van der Waals surface area contributed by atoms with Crippen molar-refractivity contribution >= 4 is 22.9 Å². The standard InChI is InChI=1S/C15H18ClNS/c1-11-4-3-5-13(12(11)2)10-17-9-8-14-6-7-15(16)18-14/h3-7,17H,8-10H2,1-2H3. The molecule has 0 spiro atoms. The number of hydrogen-bond acceptors (Lipinski definition) is 2. The van der Waals surface area contributed by atoms with Crippen molar-refractivity contribution in [3.05, 3.63) is 56.2 Å². The van der Waals surface area contributed by atoms with Crippen molar-refractivity contribution in [2.75, 3.05) is 6.54 Å². The number of aryl methyl sites for hydroxylation is 1. The summed E-state index contributed by atoms with van der Waals surface area (Å²) in [6.45, 7) is 6.27. The topological polar surface area (TPSA) is 12.0 Å². The summed E-state index contributed by atoms with van der Waals surface area (Å²) >= 11 is 7.57. The van der Waals surface area contributed by atoms with Crippen LogP contribution in [0.25, 0.3) is 0 Å². The summed E-state index contributed by atoms with van der Waals surface area (Å²) in [6.07, 6.45) is 1.04. The molecular formula is C15H18ClNS. The van der Waals surface area contributed by atoms with Gasteiger partial charge < -0.3 is 5.32 Å². The minimum atomic E-state index is 0.875. The highest BCUT2D eigenvalue weighted by Crippen LogP contribution is 2.21. The zero-order chi connectivity index (χ0) is 13.0. The summed E-state index contributed by atoms with van der Waals surface area (Å²) in [7, 11) is 0. The molecule has 0 aliphatic rings. The van der Waals surface area contributed by atoms with Gasteiger partial charge in [-0.3, -0.25) is 0 Å². The Morgan fingerprint density at radius 1 is 1.17 bits per heavy atom. The van der Waals surface area contributed by atoms with Gasteiger partial charge in [-0.25, -0.2) is 0 Å². The fourth-order valence-corrected chi connectivity index (χ4v) is 3.01. The van der Waals surface area contributed by atoms with Gasteiger partial charge in [0.2, 0.25) is 0 Å². The van der Waals surface area contributed by atoms with E-state index in [0.717, 1.165) is 23.8 Å². The Kier molecular flexibility index (Phi) is 4.81. The Balaban J connectivity index is 1.80. The van der Waals surface area contributed by atoms with Crippen molar-refractivity contribution in [3.63, 3.8) is 0 Å². The van der Waals surface area contributed by atoms with Gasteiger partial charge in [0.05, 0.1) is 4.34 Å². The molecule has 0 amide bonds. The van der Waals surface area contributed by atoms with Gasteiger partial charge >= 0.3 is 0 Å². The van der Waals surface area contributed by atoms with Crippen molar-refractivity contribution in [2.24, 2.45) is 0 Å². The van der Waals surface area contributed by atoms with E-state index in [2.05, 4.69) is 43.4 Å². The van der Waals surface area contributed by atoms with Gasteiger partial charge in [0.15, 0.2) is 0 Å². The molecule has 0 atom stereocenters. The van der Waals surface area contributed by atoms with E-state index in [9.17, 15) is 0 Å². The third-order valence-electron chi connectivity index (χ3n) is 3.21. The van der Waals surface area contributed by atoms with Crippen LogP contribution >= 0.6 is 22.9 Å². The lowest BCUT2D eigenvalue weighted by Gasteiger charge is -2.09. The highest BCUT2D eigenvalue weighted by atomic mass is 35.5. The molecule has 18 heavy (non-hydrogen) atoms. The Morgan fingerprint density at radius 2 is 2.00 bits per heavy atom. The molecule has 3 heteroatoms. The Bertz CT molecular complexity index is 519. The second kappa shape index (κ2) is 6.37. The molecule has 96 valence electrons. The van der Waals surface area contributed by atoms with Crippen LogP contribution in [0.4, 0.5) is 0 Å². The van der Waals surface area contributed by atoms with Gasteiger partial charge in [-0.05, 0) is 49.1 Å². The van der Waals surface area contributed by atoms with Gasteiger partial charge in [0.1, 0.15) is 0 Å². The number of hydrogen-bond donors (Lipinski definition) is 1. The molecule has 2 aromatic rings. The molecule has 1 heterocycles. The quantitative estimate of drug-likeness (QED) is 0.803. The van der Waals surface area contributed by atoms with Crippen LogP contribution in [0.5, 0.6) is 0 Å². The Labute approximate surface area is 118 Å². The van der Waals surface area contributed by atoms with Gasteiger partial charge in [-0.2, -0.15) is 0 Å². The minimum Gasteiger partial charge on any atom is -0.312 e. The lowest BCUT2D eigenvalue weighted by molar-refractivity contribution is 0.687. The summed E-state index contributed by atoms with van der Waals surface area (Å²) < 4.78 is 0.875. The van der Waals surface area contributed by atoms with E-state index in [0.29, 0.717) is 0 Å². The van der Waals surface area contributed by atoms with Crippen molar-refractivity contribution in [3.8, 4) is 0 Å². The third-order valence-corrected chi connectivity index (χ3v) is 4.50. The Morgan fingerprint density at radius 3 is 2.72 bits per heavy atom. The Hall–Kier alpha value is -0.830. The zero-order valence-corrected chi connectivity index (χ0v) is 12.4. The van der Waals surface area contributed by atoms with Crippen LogP contribution in [0.15, 0.2) is 30.3 Å². The average molecular weight is 280 g/mol. The summed E-state index contributed by atoms with van der Waals surface area (Å²) in [5.41, 5.74) is 4.14. The average Bonchev–Trinajstić information content (AvgIpc) is 2.76. The van der Waals surface area contributed by atoms with Gasteiger partial charge in [0.25, 0.3) is 0 Å². The first-order valence-electron chi connectivity index (χ1n) is 6.17. The predicted molar refractivity (Wildman–Crippen MR) is 80.7 cm³/mol. The first-order valence-corrected chi connectivity index (χ1v) is 7.36. The van der Waals surface area contributed by atoms with Crippen molar-refractivity contribution < 1.29 is 0 Å². The molecule has 2 rings (SSSR count). The highest BCUT2D eigenvalue weighted by Gasteiger charge is 2.01. The largest absolute Gasteiger partial charge is 0.312 e. The van der Waals surface area contributed by atoms with Crippen LogP contribution in [-0.2, 0) is 13.0 Å². The SMILES string of the molecule is Cc1cccc(CNCCc2ccc(Cl)s2)c1C. The number of halogens is 1. The van der Waals surface area contributed by atoms with Crippen molar-refractivity contribution in [1.82, 2.24) is 5.32 Å². The van der Waals surface area contributed by atoms with E-state index in [1.165, 1.54) is 21.6 Å². The van der Waals surface area contributed by atoms with Crippen LogP contribution in [0, 0.1) is 13.8 Å². The summed E-state index contributed by atoms with van der Waals surface area (Å²) in [4.78, 5) is 1.34. The summed E-state index contributed by atoms with van der Waals surface area (Å²) in [5, 5.41) is 3.49. The molecule has 0 aliphatic heterocycles. The maximum absolute atomic E-state index is 5.91. The van der Waals surface area contributed by atoms with Gasteiger partial charge in [-0.1, -0.05) is 29.8 Å². The molecule has 0 fully saturated rings. The fraction of sp³-hybridized carbons (Fsp3) is 0.333. The molecular weight excluding hydrogens is 262 g/mol. The summed E-state index contributed by atoms with van der Waals surface area (Å²) in [6, 6.07) is 10.5. The monoisotopic (exact) mass is 279 g/mol. The number of nitrogens with one attached hydrogen (secondary N) is 1. The molecule has 1 nitrogen and oxygen atoms in total. The number of benzene rings is 1. The number of rotatable bonds is 5. The molecule has 1 N–H and O–H groups in total. The maximum atomic E-state index is 5.91. The highest BCUT2D eigenvalue weighted by molar-refractivity contribution is 7.16. The lowest BCUT2D eigenvalue weighted by Crippen LogP contribution is -2.17. The number of thiophene rings is 1. The molecule has 1 aromatic heterocycles. The normalized spacial score (nSPS) is 10.8. The van der Waals surface area contributed by atoms with E-state index in [-0.39, 0.29) is 0 Å². The van der Waals surface area contributed by atoms with Crippen LogP contribution < -0.4 is 5.32 Å². The molecule has 0 saturated heterocycles. The van der Waals surface area contributed by atoms with E-state index in [1.54, 1.807) is 11.3 Å². The van der Waals surface area contributed by atoms with Crippen LogP contribution in [0.1, 0.15) is 21.6 Å². The summed E-state index contributed by atoms with van der Waals surface area (Å²) in [5.74, 6) is 0. The van der Waals surface area contributed by atoms with Gasteiger partial charge in [0, 0.05) is 18.0 Å². The van der Waals surface area contributed by atoms with Gasteiger partial charge in [-0.15, -0.1) is 11.3 Å². The molecule has 0 bridgehead atoms. The van der Waals surface area contributed by atoms with E-state index in [1.807, 2.05) is 6.07 Å². The van der Waals surface area contributed by atoms with E-state index < -0.39 is 0 Å². The van der Waals surface area contributed by atoms with E-state index in [4.69, 9.17) is 11.6 Å². The van der Waals surface area contributed by atoms with Crippen LogP contribution in [0.3, 0.4) is 0 Å². The third kappa shape index (κ3) is 3.58. The molecule has 0 aliphatic carbocycles. The second-order valence-electron chi connectivity index (χ2n) is 4.49. The smallest absolute Gasteiger partial charge is 0.0931 e. The minimum absolute atomic E-state index is 0.875. The maximum Gasteiger partial charge on any atom is 0.0931 e. The lowest BCUT2D eigenvalue weighted by atomic mass is 10.0. The molecule has 0 saturated carbocycles. The van der Waals surface area contributed by atoms with E-state index >= 15 is 0 Å². The second-order valence-corrected chi connectivity index (χ2v) is 6.29. The molecule has 0 unspecified atom stereocenters. The first kappa shape index (κ1) is 13.6. The predicted octanol–water partition coefficient (Wildman–Crippen LogP) is 4.35. The molecule has 0 radical (unpaired) electrons. The zero-order valence-electron chi connectivity index (χ0n) is 10.8. The first-order chi connectivity index (χ1) is 8.66. The van der Waals surface area contributed by atoms with Crippen molar-refractivity contribution in [2.45, 2.75) is 26.8 Å². The van der Waals surface area contributed by atoms with Crippen molar-refractivity contribution in [1.29, 1.82) is 0 Å². The van der Waals surface area contributed by atoms with Crippen LogP contribution in [0.2, 0.25) is 4.34 Å². The van der Waals surface area contributed by atoms with Crippen LogP contribution in [-0.4, -0.2) is 6.54 Å². The fourth-order valence-electron chi connectivity index (χ4n) is 1.92. The molecule has 1 aromatic carbocycles.